The maximum atomic E-state index is 9.89. The van der Waals surface area contributed by atoms with Gasteiger partial charge in [0.15, 0.2) is 0 Å². The van der Waals surface area contributed by atoms with Crippen LogP contribution in [0.5, 0.6) is 5.75 Å². The van der Waals surface area contributed by atoms with Crippen LogP contribution < -0.4 is 5.73 Å². The molecule has 1 atom stereocenters. The van der Waals surface area contributed by atoms with Gasteiger partial charge in [-0.15, -0.1) is 0 Å². The van der Waals surface area contributed by atoms with Crippen LogP contribution in [0.2, 0.25) is 0 Å². The molecule has 0 aliphatic carbocycles. The van der Waals surface area contributed by atoms with Gasteiger partial charge < -0.3 is 10.8 Å². The zero-order valence-corrected chi connectivity index (χ0v) is 9.29. The Morgan fingerprint density at radius 1 is 1.33 bits per heavy atom. The summed E-state index contributed by atoms with van der Waals surface area (Å²) in [5, 5.41) is 13.9. The van der Waals surface area contributed by atoms with Crippen LogP contribution >= 0.6 is 11.3 Å². The summed E-state index contributed by atoms with van der Waals surface area (Å²) in [5.74, 6) is 0.302. The first kappa shape index (κ1) is 10.2. The van der Waals surface area contributed by atoms with Gasteiger partial charge >= 0.3 is 0 Å². The molecule has 2 nitrogen and oxygen atoms in total. The molecule has 0 aliphatic heterocycles. The zero-order chi connectivity index (χ0) is 10.8. The summed E-state index contributed by atoms with van der Waals surface area (Å²) in [6, 6.07) is 7.40. The summed E-state index contributed by atoms with van der Waals surface area (Å²) >= 11 is 1.61. The molecule has 1 heterocycles. The van der Waals surface area contributed by atoms with E-state index < -0.39 is 0 Å². The maximum absolute atomic E-state index is 9.89. The largest absolute Gasteiger partial charge is 0.507 e. The van der Waals surface area contributed by atoms with Gasteiger partial charge in [-0.05, 0) is 34.9 Å². The lowest BCUT2D eigenvalue weighted by Crippen LogP contribution is -2.11. The Kier molecular flexibility index (Phi) is 2.75. The Morgan fingerprint density at radius 3 is 2.80 bits per heavy atom. The molecule has 0 aliphatic rings. The molecular formula is C12H13NOS. The molecule has 0 bridgehead atoms. The molecule has 0 saturated carbocycles. The maximum Gasteiger partial charge on any atom is 0.123 e. The highest BCUT2D eigenvalue weighted by atomic mass is 32.1. The minimum atomic E-state index is -0.240. The fraction of sp³-hybridized carbons (Fsp3) is 0.167. The van der Waals surface area contributed by atoms with E-state index in [0.29, 0.717) is 5.75 Å². The third-order valence-corrected chi connectivity index (χ3v) is 3.21. The SMILES string of the molecule is Cc1cccc([C@@H](N)c2ccsc2)c1O. The molecular weight excluding hydrogens is 206 g/mol. The third-order valence-electron chi connectivity index (χ3n) is 2.51. The number of phenols is 1. The number of hydrogen-bond acceptors (Lipinski definition) is 3. The quantitative estimate of drug-likeness (QED) is 0.815. The van der Waals surface area contributed by atoms with Crippen LogP contribution in [0.15, 0.2) is 35.0 Å². The van der Waals surface area contributed by atoms with Crippen molar-refractivity contribution in [3.05, 3.63) is 51.7 Å². The molecule has 0 spiro atoms. The minimum absolute atomic E-state index is 0.240. The summed E-state index contributed by atoms with van der Waals surface area (Å²) in [7, 11) is 0. The molecule has 3 N–H and O–H groups in total. The van der Waals surface area contributed by atoms with Gasteiger partial charge in [0.25, 0.3) is 0 Å². The van der Waals surface area contributed by atoms with Crippen molar-refractivity contribution in [1.29, 1.82) is 0 Å². The Morgan fingerprint density at radius 2 is 2.13 bits per heavy atom. The van der Waals surface area contributed by atoms with Gasteiger partial charge in [0.05, 0.1) is 6.04 Å². The van der Waals surface area contributed by atoms with E-state index in [2.05, 4.69) is 0 Å². The first-order chi connectivity index (χ1) is 7.20. The van der Waals surface area contributed by atoms with Crippen LogP contribution in [0.25, 0.3) is 0 Å². The lowest BCUT2D eigenvalue weighted by atomic mass is 9.99. The van der Waals surface area contributed by atoms with Gasteiger partial charge in [-0.25, -0.2) is 0 Å². The van der Waals surface area contributed by atoms with Crippen molar-refractivity contribution in [1.82, 2.24) is 0 Å². The molecule has 1 aromatic carbocycles. The average molecular weight is 219 g/mol. The molecule has 1 aromatic heterocycles. The number of aryl methyl sites for hydroxylation is 1. The molecule has 3 heteroatoms. The highest BCUT2D eigenvalue weighted by Gasteiger charge is 2.14. The Labute approximate surface area is 93.0 Å². The molecule has 15 heavy (non-hydrogen) atoms. The lowest BCUT2D eigenvalue weighted by molar-refractivity contribution is 0.461. The second-order valence-corrected chi connectivity index (χ2v) is 4.33. The third kappa shape index (κ3) is 1.89. The van der Waals surface area contributed by atoms with Crippen LogP contribution in [0.4, 0.5) is 0 Å². The Bertz CT molecular complexity index is 451. The molecule has 0 amide bonds. The fourth-order valence-corrected chi connectivity index (χ4v) is 2.26. The van der Waals surface area contributed by atoms with Gasteiger partial charge in [0.2, 0.25) is 0 Å². The van der Waals surface area contributed by atoms with Crippen molar-refractivity contribution < 1.29 is 5.11 Å². The molecule has 0 radical (unpaired) electrons. The van der Waals surface area contributed by atoms with E-state index >= 15 is 0 Å². The average Bonchev–Trinajstić information content (AvgIpc) is 2.74. The van der Waals surface area contributed by atoms with E-state index in [4.69, 9.17) is 5.73 Å². The van der Waals surface area contributed by atoms with E-state index in [0.717, 1.165) is 16.7 Å². The number of rotatable bonds is 2. The fourth-order valence-electron chi connectivity index (χ4n) is 1.56. The van der Waals surface area contributed by atoms with Crippen LogP contribution in [0.3, 0.4) is 0 Å². The number of thiophene rings is 1. The monoisotopic (exact) mass is 219 g/mol. The standard InChI is InChI=1S/C12H13NOS/c1-8-3-2-4-10(12(8)14)11(13)9-5-6-15-7-9/h2-7,11,14H,13H2,1H3/t11-/m0/s1. The molecule has 0 saturated heterocycles. The predicted octanol–water partition coefficient (Wildman–Crippen LogP) is 2.81. The number of aromatic hydroxyl groups is 1. The summed E-state index contributed by atoms with van der Waals surface area (Å²) in [6.07, 6.45) is 0. The van der Waals surface area contributed by atoms with E-state index in [1.54, 1.807) is 11.3 Å². The van der Waals surface area contributed by atoms with Crippen LogP contribution in [-0.2, 0) is 0 Å². The van der Waals surface area contributed by atoms with Gasteiger partial charge in [0, 0.05) is 5.56 Å². The van der Waals surface area contributed by atoms with Crippen LogP contribution in [0.1, 0.15) is 22.7 Å². The van der Waals surface area contributed by atoms with Crippen molar-refractivity contribution in [2.24, 2.45) is 5.73 Å². The highest BCUT2D eigenvalue weighted by molar-refractivity contribution is 7.08. The van der Waals surface area contributed by atoms with Crippen molar-refractivity contribution >= 4 is 11.3 Å². The minimum Gasteiger partial charge on any atom is -0.507 e. The molecule has 78 valence electrons. The molecule has 0 fully saturated rings. The number of nitrogens with two attached hydrogens (primary N) is 1. The van der Waals surface area contributed by atoms with E-state index in [1.807, 2.05) is 41.9 Å². The second kappa shape index (κ2) is 4.04. The van der Waals surface area contributed by atoms with Gasteiger partial charge in [-0.1, -0.05) is 18.2 Å². The highest BCUT2D eigenvalue weighted by Crippen LogP contribution is 2.30. The normalized spacial score (nSPS) is 12.7. The second-order valence-electron chi connectivity index (χ2n) is 3.55. The van der Waals surface area contributed by atoms with Gasteiger partial charge in [-0.2, -0.15) is 11.3 Å². The summed E-state index contributed by atoms with van der Waals surface area (Å²) in [5.41, 5.74) is 8.76. The Balaban J connectivity index is 2.42. The van der Waals surface area contributed by atoms with Crippen molar-refractivity contribution in [2.45, 2.75) is 13.0 Å². The molecule has 0 unspecified atom stereocenters. The number of phenolic OH excluding ortho intramolecular Hbond substituents is 1. The molecule has 2 rings (SSSR count). The Hall–Kier alpha value is -1.32. The molecule has 2 aromatic rings. The summed E-state index contributed by atoms with van der Waals surface area (Å²) in [6.45, 7) is 1.87. The van der Waals surface area contributed by atoms with Gasteiger partial charge in [-0.3, -0.25) is 0 Å². The predicted molar refractivity (Wildman–Crippen MR) is 63.2 cm³/mol. The topological polar surface area (TPSA) is 46.2 Å². The van der Waals surface area contributed by atoms with E-state index in [9.17, 15) is 5.11 Å². The van der Waals surface area contributed by atoms with Crippen LogP contribution in [0, 0.1) is 6.92 Å². The summed E-state index contributed by atoms with van der Waals surface area (Å²) in [4.78, 5) is 0. The lowest BCUT2D eigenvalue weighted by Gasteiger charge is -2.13. The van der Waals surface area contributed by atoms with Crippen molar-refractivity contribution in [3.8, 4) is 5.75 Å². The number of benzene rings is 1. The van der Waals surface area contributed by atoms with E-state index in [1.165, 1.54) is 0 Å². The number of hydrogen-bond donors (Lipinski definition) is 2. The van der Waals surface area contributed by atoms with Gasteiger partial charge in [0.1, 0.15) is 5.75 Å². The smallest absolute Gasteiger partial charge is 0.123 e. The first-order valence-corrected chi connectivity index (χ1v) is 5.70. The summed E-state index contributed by atoms with van der Waals surface area (Å²) < 4.78 is 0. The van der Waals surface area contributed by atoms with Crippen molar-refractivity contribution in [3.63, 3.8) is 0 Å². The number of para-hydroxylation sites is 1. The first-order valence-electron chi connectivity index (χ1n) is 4.76. The van der Waals surface area contributed by atoms with Crippen LogP contribution in [-0.4, -0.2) is 5.11 Å². The van der Waals surface area contributed by atoms with Crippen molar-refractivity contribution in [2.75, 3.05) is 0 Å². The zero-order valence-electron chi connectivity index (χ0n) is 8.47. The van der Waals surface area contributed by atoms with E-state index in [-0.39, 0.29) is 6.04 Å².